The van der Waals surface area contributed by atoms with E-state index in [1.165, 1.54) is 43.5 Å². The van der Waals surface area contributed by atoms with E-state index in [1.54, 1.807) is 6.08 Å². The molecule has 2 aliphatic heterocycles. The third-order valence-electron chi connectivity index (χ3n) is 5.30. The van der Waals surface area contributed by atoms with E-state index in [0.29, 0.717) is 19.6 Å². The number of amides is 1. The van der Waals surface area contributed by atoms with Gasteiger partial charge in [-0.15, -0.1) is 6.58 Å². The van der Waals surface area contributed by atoms with Crippen LogP contribution < -0.4 is 5.32 Å². The number of ether oxygens (including phenoxy) is 2. The zero-order valence-corrected chi connectivity index (χ0v) is 25.1. The van der Waals surface area contributed by atoms with Crippen LogP contribution in [0.2, 0.25) is 0 Å². The Bertz CT molecular complexity index is 713. The second-order valence-corrected chi connectivity index (χ2v) is 9.85. The van der Waals surface area contributed by atoms with E-state index < -0.39 is 0 Å². The molecule has 2 heterocycles. The average molecular weight is 521 g/mol. The Morgan fingerprint density at radius 2 is 1.81 bits per heavy atom. The van der Waals surface area contributed by atoms with Crippen molar-refractivity contribution in [2.75, 3.05) is 40.5 Å². The van der Waals surface area contributed by atoms with E-state index >= 15 is 0 Å². The van der Waals surface area contributed by atoms with Crippen LogP contribution in [0.1, 0.15) is 80.1 Å². The quantitative estimate of drug-likeness (QED) is 0.347. The molecule has 0 aromatic rings. The van der Waals surface area contributed by atoms with Crippen LogP contribution in [0, 0.1) is 0 Å². The van der Waals surface area contributed by atoms with Crippen molar-refractivity contribution in [3.63, 3.8) is 0 Å². The lowest BCUT2D eigenvalue weighted by Crippen LogP contribution is -2.30. The van der Waals surface area contributed by atoms with Gasteiger partial charge in [0.1, 0.15) is 18.5 Å². The summed E-state index contributed by atoms with van der Waals surface area (Å²) in [5.74, 6) is 0.920. The lowest BCUT2D eigenvalue weighted by atomic mass is 10.1. The van der Waals surface area contributed by atoms with Crippen molar-refractivity contribution in [1.29, 1.82) is 0 Å². The summed E-state index contributed by atoms with van der Waals surface area (Å²) >= 11 is 0. The summed E-state index contributed by atoms with van der Waals surface area (Å²) < 4.78 is 10.9. The molecule has 1 amide bonds. The van der Waals surface area contributed by atoms with Gasteiger partial charge < -0.3 is 24.8 Å². The topological polar surface area (TPSA) is 71.0 Å². The van der Waals surface area contributed by atoms with Crippen LogP contribution in [0.15, 0.2) is 59.9 Å². The van der Waals surface area contributed by atoms with Gasteiger partial charge in [0.2, 0.25) is 5.91 Å². The van der Waals surface area contributed by atoms with Gasteiger partial charge in [-0.2, -0.15) is 0 Å². The van der Waals surface area contributed by atoms with Gasteiger partial charge in [-0.1, -0.05) is 54.9 Å². The molecule has 1 atom stereocenters. The molecule has 0 bridgehead atoms. The first-order valence-corrected chi connectivity index (χ1v) is 13.6. The van der Waals surface area contributed by atoms with Gasteiger partial charge in [0.05, 0.1) is 6.61 Å². The van der Waals surface area contributed by atoms with Crippen LogP contribution in [-0.4, -0.2) is 68.5 Å². The fraction of sp³-hybridized carbons (Fsp3) is 0.645. The maximum absolute atomic E-state index is 11.4. The number of carbonyl (C=O) groups excluding carboxylic acids is 1. The Morgan fingerprint density at radius 1 is 1.19 bits per heavy atom. The molecule has 2 N–H and O–H groups in total. The minimum atomic E-state index is -0.0793. The molecule has 0 aromatic carbocycles. The average Bonchev–Trinajstić information content (AvgIpc) is 3.34. The van der Waals surface area contributed by atoms with E-state index in [9.17, 15) is 4.79 Å². The van der Waals surface area contributed by atoms with Crippen LogP contribution in [-0.2, 0) is 14.3 Å². The molecule has 2 aliphatic rings. The first-order valence-electron chi connectivity index (χ1n) is 13.6. The van der Waals surface area contributed by atoms with Crippen molar-refractivity contribution in [3.05, 3.63) is 59.9 Å². The Kier molecular flexibility index (Phi) is 24.2. The van der Waals surface area contributed by atoms with E-state index in [-0.39, 0.29) is 18.1 Å². The van der Waals surface area contributed by atoms with Crippen molar-refractivity contribution in [1.82, 2.24) is 10.2 Å². The van der Waals surface area contributed by atoms with Crippen LogP contribution in [0.3, 0.4) is 0 Å². The Labute approximate surface area is 228 Å². The van der Waals surface area contributed by atoms with Crippen LogP contribution in [0.4, 0.5) is 0 Å². The highest BCUT2D eigenvalue weighted by Gasteiger charge is 2.16. The highest BCUT2D eigenvalue weighted by molar-refractivity contribution is 5.78. The van der Waals surface area contributed by atoms with Gasteiger partial charge >= 0.3 is 0 Å². The summed E-state index contributed by atoms with van der Waals surface area (Å²) in [5, 5.41) is 9.87. The molecule has 2 rings (SSSR count). The second kappa shape index (κ2) is 24.2. The molecule has 6 heteroatoms. The van der Waals surface area contributed by atoms with Crippen molar-refractivity contribution in [3.8, 4) is 0 Å². The maximum Gasteiger partial charge on any atom is 0.224 e. The summed E-state index contributed by atoms with van der Waals surface area (Å²) in [6.07, 6.45) is 14.2. The van der Waals surface area contributed by atoms with Crippen LogP contribution >= 0.6 is 0 Å². The number of nitrogens with zero attached hydrogens (tertiary/aromatic N) is 1. The maximum atomic E-state index is 11.4. The summed E-state index contributed by atoms with van der Waals surface area (Å²) in [5.41, 5.74) is 3.60. The molecule has 0 aliphatic carbocycles. The molecule has 0 aromatic heterocycles. The Morgan fingerprint density at radius 3 is 2.27 bits per heavy atom. The number of hydrogen-bond acceptors (Lipinski definition) is 5. The normalized spacial score (nSPS) is 18.2. The fourth-order valence-electron chi connectivity index (χ4n) is 3.44. The van der Waals surface area contributed by atoms with Gasteiger partial charge in [-0.3, -0.25) is 4.79 Å². The minimum absolute atomic E-state index is 0.0709. The first kappa shape index (κ1) is 37.0. The number of carbonyl (C=O) groups is 1. The van der Waals surface area contributed by atoms with Crippen LogP contribution in [0.5, 0.6) is 0 Å². The minimum Gasteiger partial charge on any atom is -0.492 e. The summed E-state index contributed by atoms with van der Waals surface area (Å²) in [6.45, 7) is 23.9. The number of aliphatic hydroxyl groups excluding tert-OH is 1. The predicted octanol–water partition coefficient (Wildman–Crippen LogP) is 6.35. The van der Waals surface area contributed by atoms with Crippen molar-refractivity contribution in [2.24, 2.45) is 0 Å². The molecular weight excluding hydrogens is 464 g/mol. The zero-order valence-electron chi connectivity index (χ0n) is 25.1. The van der Waals surface area contributed by atoms with Crippen molar-refractivity contribution in [2.45, 2.75) is 92.2 Å². The molecule has 0 saturated carbocycles. The van der Waals surface area contributed by atoms with E-state index in [0.717, 1.165) is 31.3 Å². The third-order valence-corrected chi connectivity index (χ3v) is 5.30. The summed E-state index contributed by atoms with van der Waals surface area (Å²) in [6, 6.07) is 0.206. The number of rotatable bonds is 9. The molecule has 2 fully saturated rings. The monoisotopic (exact) mass is 520 g/mol. The van der Waals surface area contributed by atoms with Crippen molar-refractivity contribution >= 4 is 5.91 Å². The Balaban J connectivity index is 0. The van der Waals surface area contributed by atoms with Crippen LogP contribution in [0.25, 0.3) is 0 Å². The highest BCUT2D eigenvalue weighted by atomic mass is 16.6. The molecule has 1 unspecified atom stereocenters. The zero-order chi connectivity index (χ0) is 28.6. The smallest absolute Gasteiger partial charge is 0.224 e. The standard InChI is InChI=1S/C14H25NO.C11H16O2.C5H11N.CH4O/c1-6-7-12(4)8-9-13(5)10-14(16)15-11(2)3;1-4-10-11(6-5-9(2)3)13-8-7-12-10;1-6-4-2-3-5-6;1-2/h8,11H,5-7,9-10H2,1-4H3,(H,15,16);4-6,10H,1,7-8H2,2-3H3;2-5H2,1H3;2H,1H3/b12-8+;11-6+;;. The molecule has 0 spiro atoms. The van der Waals surface area contributed by atoms with Gasteiger partial charge in [-0.25, -0.2) is 0 Å². The first-order chi connectivity index (χ1) is 17.6. The number of aliphatic hydroxyl groups is 1. The molecule has 214 valence electrons. The lowest BCUT2D eigenvalue weighted by molar-refractivity contribution is -0.120. The molecular formula is C31H56N2O4. The number of nitrogens with one attached hydrogen (secondary N) is 1. The number of likely N-dealkylation sites (tertiary alicyclic amines) is 1. The molecule has 0 radical (unpaired) electrons. The summed E-state index contributed by atoms with van der Waals surface area (Å²) in [4.78, 5) is 13.8. The largest absolute Gasteiger partial charge is 0.492 e. The SMILES string of the molecule is C=C(C/C=C(\C)CCC)CC(=O)NC(C)C.C=CC1OCCO/C1=C/C=C(C)C.CN1CCCC1.CO. The second-order valence-electron chi connectivity index (χ2n) is 9.85. The van der Waals surface area contributed by atoms with Crippen molar-refractivity contribution < 1.29 is 19.4 Å². The number of hydrogen-bond donors (Lipinski definition) is 2. The lowest BCUT2D eigenvalue weighted by Gasteiger charge is -2.23. The summed E-state index contributed by atoms with van der Waals surface area (Å²) in [7, 11) is 3.17. The fourth-order valence-corrected chi connectivity index (χ4v) is 3.44. The molecule has 37 heavy (non-hydrogen) atoms. The predicted molar refractivity (Wildman–Crippen MR) is 159 cm³/mol. The van der Waals surface area contributed by atoms with E-state index in [2.05, 4.69) is 50.3 Å². The third kappa shape index (κ3) is 22.8. The van der Waals surface area contributed by atoms with Gasteiger partial charge in [-0.05, 0) is 86.5 Å². The van der Waals surface area contributed by atoms with Gasteiger partial charge in [0.25, 0.3) is 0 Å². The molecule has 6 nitrogen and oxygen atoms in total. The number of allylic oxidation sites excluding steroid dienone is 5. The van der Waals surface area contributed by atoms with E-state index in [1.807, 2.05) is 39.8 Å². The van der Waals surface area contributed by atoms with Gasteiger partial charge in [0, 0.05) is 19.6 Å². The highest BCUT2D eigenvalue weighted by Crippen LogP contribution is 2.15. The Hall–Kier alpha value is -2.15. The van der Waals surface area contributed by atoms with E-state index in [4.69, 9.17) is 14.6 Å². The van der Waals surface area contributed by atoms with Gasteiger partial charge in [0.15, 0.2) is 0 Å². The molecule has 2 saturated heterocycles.